The van der Waals surface area contributed by atoms with Gasteiger partial charge in [0.15, 0.2) is 5.13 Å². The number of aromatic carboxylic acids is 1. The highest BCUT2D eigenvalue weighted by Gasteiger charge is 2.19. The topological polar surface area (TPSA) is 62.7 Å². The molecule has 1 aromatic carbocycles. The summed E-state index contributed by atoms with van der Waals surface area (Å²) in [5.41, 5.74) is 1.73. The highest BCUT2D eigenvalue weighted by Crippen LogP contribution is 2.26. The van der Waals surface area contributed by atoms with Crippen molar-refractivity contribution in [3.8, 4) is 0 Å². The zero-order valence-corrected chi connectivity index (χ0v) is 12.9. The zero-order valence-electron chi connectivity index (χ0n) is 12.1. The van der Waals surface area contributed by atoms with Crippen LogP contribution in [0, 0.1) is 0 Å². The van der Waals surface area contributed by atoms with Crippen LogP contribution in [0.4, 0.5) is 5.13 Å². The molecule has 2 rings (SSSR count). The summed E-state index contributed by atoms with van der Waals surface area (Å²) >= 11 is 1.19. The van der Waals surface area contributed by atoms with Crippen molar-refractivity contribution in [3.05, 3.63) is 46.5 Å². The maximum Gasteiger partial charge on any atom is 0.347 e. The Bertz CT molecular complexity index is 598. The number of carboxylic acid groups (broad SMARTS) is 1. The molecule has 0 aliphatic heterocycles. The third-order valence-corrected chi connectivity index (χ3v) is 4.27. The first kappa shape index (κ1) is 15.5. The highest BCUT2D eigenvalue weighted by atomic mass is 32.1. The number of aromatic nitrogens is 1. The number of benzene rings is 1. The van der Waals surface area contributed by atoms with Crippen LogP contribution >= 0.6 is 11.3 Å². The first-order valence-electron chi connectivity index (χ1n) is 6.58. The van der Waals surface area contributed by atoms with Crippen LogP contribution in [0.3, 0.4) is 0 Å². The molecule has 0 spiro atoms. The second-order valence-electron chi connectivity index (χ2n) is 4.67. The van der Waals surface area contributed by atoms with E-state index in [0.717, 1.165) is 13.0 Å². The van der Waals surface area contributed by atoms with E-state index in [9.17, 15) is 9.90 Å². The second kappa shape index (κ2) is 7.19. The van der Waals surface area contributed by atoms with Crippen LogP contribution in [-0.2, 0) is 17.8 Å². The Kier molecular flexibility index (Phi) is 5.30. The minimum atomic E-state index is -0.956. The van der Waals surface area contributed by atoms with E-state index < -0.39 is 5.97 Å². The SMILES string of the molecule is COCc1nc(N(C)CCc2ccccc2)sc1C(=O)O. The Labute approximate surface area is 127 Å². The average Bonchev–Trinajstić information content (AvgIpc) is 2.90. The third-order valence-electron chi connectivity index (χ3n) is 3.07. The molecule has 0 unspecified atom stereocenters. The molecule has 2 aromatic rings. The highest BCUT2D eigenvalue weighted by molar-refractivity contribution is 7.17. The molecular formula is C15H18N2O3S. The molecule has 112 valence electrons. The predicted octanol–water partition coefficient (Wildman–Crippen LogP) is 2.67. The van der Waals surface area contributed by atoms with Gasteiger partial charge in [-0.2, -0.15) is 0 Å². The number of anilines is 1. The Balaban J connectivity index is 2.06. The molecule has 1 heterocycles. The Hall–Kier alpha value is -1.92. The molecule has 0 saturated heterocycles. The van der Waals surface area contributed by atoms with Gasteiger partial charge in [0, 0.05) is 20.7 Å². The Morgan fingerprint density at radius 1 is 1.38 bits per heavy atom. The number of ether oxygens (including phenoxy) is 1. The van der Waals surface area contributed by atoms with Gasteiger partial charge < -0.3 is 14.7 Å². The van der Waals surface area contributed by atoms with Crippen LogP contribution in [0.2, 0.25) is 0 Å². The van der Waals surface area contributed by atoms with E-state index in [2.05, 4.69) is 17.1 Å². The molecule has 0 radical (unpaired) electrons. The standard InChI is InChI=1S/C15H18N2O3S/c1-17(9-8-11-6-4-3-5-7-11)15-16-12(10-20-2)13(21-15)14(18)19/h3-7H,8-10H2,1-2H3,(H,18,19). The van der Waals surface area contributed by atoms with Gasteiger partial charge in [-0.1, -0.05) is 41.7 Å². The maximum absolute atomic E-state index is 11.2. The minimum absolute atomic E-state index is 0.213. The zero-order chi connectivity index (χ0) is 15.2. The number of carboxylic acids is 1. The maximum atomic E-state index is 11.2. The van der Waals surface area contributed by atoms with Gasteiger partial charge in [0.05, 0.1) is 12.3 Å². The molecule has 0 bridgehead atoms. The van der Waals surface area contributed by atoms with Crippen LogP contribution in [0.25, 0.3) is 0 Å². The smallest absolute Gasteiger partial charge is 0.347 e. The number of methoxy groups -OCH3 is 1. The Morgan fingerprint density at radius 2 is 2.10 bits per heavy atom. The van der Waals surface area contributed by atoms with Crippen molar-refractivity contribution in [2.45, 2.75) is 13.0 Å². The summed E-state index contributed by atoms with van der Waals surface area (Å²) in [4.78, 5) is 17.8. The lowest BCUT2D eigenvalue weighted by Gasteiger charge is -2.15. The third kappa shape index (κ3) is 4.03. The molecular weight excluding hydrogens is 288 g/mol. The number of hydrogen-bond donors (Lipinski definition) is 1. The number of carbonyl (C=O) groups is 1. The van der Waals surface area contributed by atoms with E-state index >= 15 is 0 Å². The number of nitrogens with zero attached hydrogens (tertiary/aromatic N) is 2. The molecule has 6 heteroatoms. The molecule has 1 aromatic heterocycles. The largest absolute Gasteiger partial charge is 0.477 e. The van der Waals surface area contributed by atoms with E-state index in [1.165, 1.54) is 24.0 Å². The van der Waals surface area contributed by atoms with Gasteiger partial charge in [0.1, 0.15) is 4.88 Å². The number of thiazole rings is 1. The van der Waals surface area contributed by atoms with E-state index in [4.69, 9.17) is 4.74 Å². The van der Waals surface area contributed by atoms with Crippen molar-refractivity contribution in [2.24, 2.45) is 0 Å². The summed E-state index contributed by atoms with van der Waals surface area (Å²) in [5.74, 6) is -0.956. The summed E-state index contributed by atoms with van der Waals surface area (Å²) in [5, 5.41) is 9.90. The first-order chi connectivity index (χ1) is 10.1. The van der Waals surface area contributed by atoms with Crippen LogP contribution in [-0.4, -0.2) is 36.8 Å². The molecule has 0 amide bonds. The van der Waals surface area contributed by atoms with Crippen molar-refractivity contribution in [1.29, 1.82) is 0 Å². The molecule has 1 N–H and O–H groups in total. The lowest BCUT2D eigenvalue weighted by molar-refractivity contribution is 0.0697. The van der Waals surface area contributed by atoms with Gasteiger partial charge >= 0.3 is 5.97 Å². The van der Waals surface area contributed by atoms with Gasteiger partial charge in [-0.15, -0.1) is 0 Å². The molecule has 21 heavy (non-hydrogen) atoms. The quantitative estimate of drug-likeness (QED) is 0.852. The molecule has 0 aliphatic rings. The molecule has 0 atom stereocenters. The monoisotopic (exact) mass is 306 g/mol. The number of likely N-dealkylation sites (N-methyl/N-ethyl adjacent to an activating group) is 1. The number of rotatable bonds is 7. The predicted molar refractivity (Wildman–Crippen MR) is 83.2 cm³/mol. The van der Waals surface area contributed by atoms with Crippen LogP contribution < -0.4 is 4.90 Å². The van der Waals surface area contributed by atoms with Crippen LogP contribution in [0.1, 0.15) is 20.9 Å². The van der Waals surface area contributed by atoms with Gasteiger partial charge in [-0.05, 0) is 12.0 Å². The summed E-state index contributed by atoms with van der Waals surface area (Å²) in [6.07, 6.45) is 0.888. The lowest BCUT2D eigenvalue weighted by atomic mass is 10.1. The fourth-order valence-corrected chi connectivity index (χ4v) is 2.84. The van der Waals surface area contributed by atoms with Gasteiger partial charge in [-0.3, -0.25) is 0 Å². The first-order valence-corrected chi connectivity index (χ1v) is 7.40. The molecule has 5 nitrogen and oxygen atoms in total. The van der Waals surface area contributed by atoms with Crippen molar-refractivity contribution >= 4 is 22.4 Å². The summed E-state index contributed by atoms with van der Waals surface area (Å²) < 4.78 is 5.00. The van der Waals surface area contributed by atoms with Crippen LogP contribution in [0.15, 0.2) is 30.3 Å². The summed E-state index contributed by atoms with van der Waals surface area (Å²) in [6, 6.07) is 10.2. The summed E-state index contributed by atoms with van der Waals surface area (Å²) in [7, 11) is 3.45. The average molecular weight is 306 g/mol. The van der Waals surface area contributed by atoms with Crippen molar-refractivity contribution in [2.75, 3.05) is 25.6 Å². The fourth-order valence-electron chi connectivity index (χ4n) is 1.94. The van der Waals surface area contributed by atoms with E-state index in [1.807, 2.05) is 30.1 Å². The van der Waals surface area contributed by atoms with Crippen molar-refractivity contribution in [1.82, 2.24) is 4.98 Å². The lowest BCUT2D eigenvalue weighted by Crippen LogP contribution is -2.20. The van der Waals surface area contributed by atoms with E-state index in [1.54, 1.807) is 0 Å². The minimum Gasteiger partial charge on any atom is -0.477 e. The van der Waals surface area contributed by atoms with E-state index in [0.29, 0.717) is 10.8 Å². The van der Waals surface area contributed by atoms with Crippen molar-refractivity contribution in [3.63, 3.8) is 0 Å². The van der Waals surface area contributed by atoms with Crippen LogP contribution in [0.5, 0.6) is 0 Å². The second-order valence-corrected chi connectivity index (χ2v) is 5.65. The molecule has 0 fully saturated rings. The fraction of sp³-hybridized carbons (Fsp3) is 0.333. The van der Waals surface area contributed by atoms with E-state index in [-0.39, 0.29) is 11.5 Å². The molecule has 0 aliphatic carbocycles. The molecule has 0 saturated carbocycles. The number of hydrogen-bond acceptors (Lipinski definition) is 5. The normalized spacial score (nSPS) is 10.6. The van der Waals surface area contributed by atoms with Crippen molar-refractivity contribution < 1.29 is 14.6 Å². The van der Waals surface area contributed by atoms with Gasteiger partial charge in [0.25, 0.3) is 0 Å². The van der Waals surface area contributed by atoms with Gasteiger partial charge in [0.2, 0.25) is 0 Å². The summed E-state index contributed by atoms with van der Waals surface area (Å²) in [6.45, 7) is 0.994. The van der Waals surface area contributed by atoms with Gasteiger partial charge in [-0.25, -0.2) is 9.78 Å². The Morgan fingerprint density at radius 3 is 2.71 bits per heavy atom.